The minimum atomic E-state index is -0.321. The molecule has 4 nitrogen and oxygen atoms in total. The van der Waals surface area contributed by atoms with Crippen LogP contribution in [-0.4, -0.2) is 13.1 Å². The number of hydrogen-bond donors (Lipinski definition) is 1. The monoisotopic (exact) mass is 283 g/mol. The predicted molar refractivity (Wildman–Crippen MR) is 60.8 cm³/mol. The van der Waals surface area contributed by atoms with Gasteiger partial charge in [-0.25, -0.2) is 0 Å². The summed E-state index contributed by atoms with van der Waals surface area (Å²) in [6.07, 6.45) is 2.63. The Hall–Kier alpha value is -1.07. The number of halogens is 1. The maximum absolute atomic E-state index is 10.9. The highest BCUT2D eigenvalue weighted by Gasteiger charge is 2.46. The Morgan fingerprint density at radius 2 is 2.06 bits per heavy atom. The first kappa shape index (κ1) is 10.1. The third-order valence-electron chi connectivity index (χ3n) is 3.04. The molecule has 1 fully saturated rings. The summed E-state index contributed by atoms with van der Waals surface area (Å²) in [5, 5.41) is 0. The van der Waals surface area contributed by atoms with E-state index in [4.69, 9.17) is 15.2 Å². The third-order valence-corrected chi connectivity index (χ3v) is 3.66. The molecule has 0 atom stereocenters. The summed E-state index contributed by atoms with van der Waals surface area (Å²) in [5.41, 5.74) is 7.27. The molecule has 16 heavy (non-hydrogen) atoms. The van der Waals surface area contributed by atoms with Gasteiger partial charge < -0.3 is 15.2 Å². The van der Waals surface area contributed by atoms with Crippen molar-refractivity contribution in [2.24, 2.45) is 5.73 Å². The Bertz CT molecular complexity index is 483. The second kappa shape index (κ2) is 3.21. The van der Waals surface area contributed by atoms with Crippen molar-refractivity contribution in [3.8, 4) is 11.5 Å². The third kappa shape index (κ3) is 1.28. The van der Waals surface area contributed by atoms with Crippen molar-refractivity contribution in [3.05, 3.63) is 21.7 Å². The fourth-order valence-electron chi connectivity index (χ4n) is 2.00. The molecule has 0 spiro atoms. The number of rotatable bonds is 2. The van der Waals surface area contributed by atoms with Crippen LogP contribution in [0.4, 0.5) is 0 Å². The molecule has 1 aromatic carbocycles. The fraction of sp³-hybridized carbons (Fsp3) is 0.364. The van der Waals surface area contributed by atoms with E-state index in [0.29, 0.717) is 17.1 Å². The molecule has 0 unspecified atom stereocenters. The van der Waals surface area contributed by atoms with Crippen LogP contribution < -0.4 is 15.2 Å². The fourth-order valence-corrected chi connectivity index (χ4v) is 2.82. The van der Waals surface area contributed by atoms with Crippen LogP contribution in [0.2, 0.25) is 0 Å². The van der Waals surface area contributed by atoms with Gasteiger partial charge in [-0.3, -0.25) is 4.79 Å². The first-order valence-corrected chi connectivity index (χ1v) is 5.82. The molecule has 0 aromatic heterocycles. The molecule has 0 amide bonds. The Kier molecular flexibility index (Phi) is 2.03. The van der Waals surface area contributed by atoms with E-state index in [-0.39, 0.29) is 12.3 Å². The lowest BCUT2D eigenvalue weighted by atomic mass is 10.0. The molecule has 84 valence electrons. The Morgan fingerprint density at radius 3 is 2.69 bits per heavy atom. The average Bonchev–Trinajstić information content (AvgIpc) is 2.81. The molecule has 0 saturated heterocycles. The van der Waals surface area contributed by atoms with Crippen LogP contribution in [-0.2, 0) is 5.54 Å². The molecular weight excluding hydrogens is 274 g/mol. The summed E-state index contributed by atoms with van der Waals surface area (Å²) < 4.78 is 11.6. The van der Waals surface area contributed by atoms with Crippen LogP contribution in [0.25, 0.3) is 0 Å². The molecule has 1 aromatic rings. The van der Waals surface area contributed by atoms with Gasteiger partial charge in [0.25, 0.3) is 0 Å². The normalized spacial score (nSPS) is 19.6. The Balaban J connectivity index is 2.26. The van der Waals surface area contributed by atoms with Crippen molar-refractivity contribution < 1.29 is 14.3 Å². The predicted octanol–water partition coefficient (Wildman–Crippen LogP) is 1.94. The minimum absolute atomic E-state index is 0.149. The SMILES string of the molecule is NC1(c2c(Br)cc(C=O)c3c2OCO3)CC1. The summed E-state index contributed by atoms with van der Waals surface area (Å²) in [6.45, 7) is 0.149. The number of ether oxygens (including phenoxy) is 2. The van der Waals surface area contributed by atoms with Crippen molar-refractivity contribution in [3.63, 3.8) is 0 Å². The van der Waals surface area contributed by atoms with E-state index in [1.807, 2.05) is 0 Å². The molecule has 2 N–H and O–H groups in total. The zero-order chi connectivity index (χ0) is 11.3. The lowest BCUT2D eigenvalue weighted by Gasteiger charge is -2.15. The van der Waals surface area contributed by atoms with Gasteiger partial charge in [0.2, 0.25) is 6.79 Å². The molecule has 3 rings (SSSR count). The topological polar surface area (TPSA) is 61.6 Å². The number of hydrogen-bond acceptors (Lipinski definition) is 4. The van der Waals surface area contributed by atoms with E-state index in [9.17, 15) is 4.79 Å². The maximum atomic E-state index is 10.9. The van der Waals surface area contributed by atoms with Gasteiger partial charge in [-0.05, 0) is 18.9 Å². The first-order valence-electron chi connectivity index (χ1n) is 5.02. The molecule has 1 saturated carbocycles. The van der Waals surface area contributed by atoms with Gasteiger partial charge in [-0.2, -0.15) is 0 Å². The van der Waals surface area contributed by atoms with E-state index in [0.717, 1.165) is 29.2 Å². The number of benzene rings is 1. The van der Waals surface area contributed by atoms with Gasteiger partial charge >= 0.3 is 0 Å². The number of fused-ring (bicyclic) bond motifs is 1. The zero-order valence-electron chi connectivity index (χ0n) is 8.46. The van der Waals surface area contributed by atoms with Gasteiger partial charge in [0.05, 0.1) is 5.56 Å². The lowest BCUT2D eigenvalue weighted by Crippen LogP contribution is -2.20. The highest BCUT2D eigenvalue weighted by molar-refractivity contribution is 9.10. The molecule has 1 heterocycles. The van der Waals surface area contributed by atoms with Gasteiger partial charge in [-0.15, -0.1) is 0 Å². The van der Waals surface area contributed by atoms with Gasteiger partial charge in [0, 0.05) is 15.6 Å². The van der Waals surface area contributed by atoms with Crippen molar-refractivity contribution in [1.82, 2.24) is 0 Å². The first-order chi connectivity index (χ1) is 7.65. The van der Waals surface area contributed by atoms with Crippen LogP contribution in [0.5, 0.6) is 11.5 Å². The number of carbonyl (C=O) groups is 1. The summed E-state index contributed by atoms with van der Waals surface area (Å²) in [5.74, 6) is 1.14. The summed E-state index contributed by atoms with van der Waals surface area (Å²) in [4.78, 5) is 10.9. The number of aldehydes is 1. The smallest absolute Gasteiger partial charge is 0.231 e. The summed E-state index contributed by atoms with van der Waals surface area (Å²) >= 11 is 3.44. The van der Waals surface area contributed by atoms with Crippen molar-refractivity contribution in [2.45, 2.75) is 18.4 Å². The van der Waals surface area contributed by atoms with Crippen molar-refractivity contribution >= 4 is 22.2 Å². The van der Waals surface area contributed by atoms with Crippen molar-refractivity contribution in [2.75, 3.05) is 6.79 Å². The maximum Gasteiger partial charge on any atom is 0.231 e. The lowest BCUT2D eigenvalue weighted by molar-refractivity contribution is 0.111. The standard InChI is InChI=1S/C11H10BrNO3/c12-7-3-6(4-14)9-10(16-5-15-9)8(7)11(13)1-2-11/h3-4H,1-2,5,13H2. The minimum Gasteiger partial charge on any atom is -0.453 e. The number of carbonyl (C=O) groups excluding carboxylic acids is 1. The molecule has 0 bridgehead atoms. The summed E-state index contributed by atoms with van der Waals surface area (Å²) in [7, 11) is 0. The van der Waals surface area contributed by atoms with Crippen LogP contribution >= 0.6 is 15.9 Å². The second-order valence-electron chi connectivity index (χ2n) is 4.16. The van der Waals surface area contributed by atoms with Crippen LogP contribution in [0, 0.1) is 0 Å². The van der Waals surface area contributed by atoms with E-state index >= 15 is 0 Å². The molecule has 0 radical (unpaired) electrons. The highest BCUT2D eigenvalue weighted by Crippen LogP contribution is 2.54. The molecule has 2 aliphatic rings. The second-order valence-corrected chi connectivity index (χ2v) is 5.02. The Morgan fingerprint density at radius 1 is 1.38 bits per heavy atom. The van der Waals surface area contributed by atoms with Crippen LogP contribution in [0.3, 0.4) is 0 Å². The summed E-state index contributed by atoms with van der Waals surface area (Å²) in [6, 6.07) is 1.74. The van der Waals surface area contributed by atoms with E-state index in [1.165, 1.54) is 0 Å². The zero-order valence-corrected chi connectivity index (χ0v) is 10.0. The van der Waals surface area contributed by atoms with E-state index in [2.05, 4.69) is 15.9 Å². The van der Waals surface area contributed by atoms with Gasteiger partial charge in [0.15, 0.2) is 17.8 Å². The largest absolute Gasteiger partial charge is 0.453 e. The molecule has 1 aliphatic heterocycles. The van der Waals surface area contributed by atoms with E-state index < -0.39 is 0 Å². The number of nitrogens with two attached hydrogens (primary N) is 1. The Labute approximate surface area is 101 Å². The molecule has 5 heteroatoms. The van der Waals surface area contributed by atoms with Crippen LogP contribution in [0.1, 0.15) is 28.8 Å². The molecular formula is C11H10BrNO3. The average molecular weight is 284 g/mol. The van der Waals surface area contributed by atoms with Gasteiger partial charge in [-0.1, -0.05) is 15.9 Å². The van der Waals surface area contributed by atoms with Crippen molar-refractivity contribution in [1.29, 1.82) is 0 Å². The molecule has 1 aliphatic carbocycles. The quantitative estimate of drug-likeness (QED) is 0.843. The van der Waals surface area contributed by atoms with Gasteiger partial charge in [0.1, 0.15) is 0 Å². The van der Waals surface area contributed by atoms with E-state index in [1.54, 1.807) is 6.07 Å². The van der Waals surface area contributed by atoms with Crippen LogP contribution in [0.15, 0.2) is 10.5 Å². The highest BCUT2D eigenvalue weighted by atomic mass is 79.9.